The summed E-state index contributed by atoms with van der Waals surface area (Å²) in [7, 11) is 5.98. The highest BCUT2D eigenvalue weighted by atomic mass is 16.7. The fourth-order valence-corrected chi connectivity index (χ4v) is 11.5. The van der Waals surface area contributed by atoms with Crippen LogP contribution >= 0.6 is 0 Å². The molecule has 0 aromatic heterocycles. The van der Waals surface area contributed by atoms with E-state index >= 15 is 0 Å². The topological polar surface area (TPSA) is 108 Å². The quantitative estimate of drug-likeness (QED) is 0.0211. The number of ether oxygens (including phenoxy) is 4. The minimum absolute atomic E-state index is 0.178. The second kappa shape index (κ2) is 80.6. The maximum absolute atomic E-state index is 13.0. The lowest BCUT2D eigenvalue weighted by atomic mass is 10.0. The van der Waals surface area contributed by atoms with Gasteiger partial charge in [-0.05, 0) is 128 Å². The molecule has 0 spiro atoms. The van der Waals surface area contributed by atoms with Crippen LogP contribution in [0.15, 0.2) is 158 Å². The first kappa shape index (κ1) is 95.9. The third-order valence-corrected chi connectivity index (χ3v) is 17.8. The van der Waals surface area contributed by atoms with E-state index in [-0.39, 0.29) is 32.2 Å². The molecule has 0 bridgehead atoms. The van der Waals surface area contributed by atoms with Gasteiger partial charge in [0.05, 0.1) is 34.4 Å². The number of carboxylic acids is 1. The van der Waals surface area contributed by atoms with E-state index in [0.29, 0.717) is 23.9 Å². The molecule has 0 rings (SSSR count). The largest absolute Gasteiger partial charge is 0.477 e. The Morgan fingerprint density at radius 2 is 0.564 bits per heavy atom. The van der Waals surface area contributed by atoms with Crippen molar-refractivity contribution in [1.29, 1.82) is 0 Å². The number of likely N-dealkylation sites (N-methyl/N-ethyl adjacent to an activating group) is 1. The van der Waals surface area contributed by atoms with E-state index in [0.717, 1.165) is 135 Å². The average Bonchev–Trinajstić information content (AvgIpc) is 1.25. The van der Waals surface area contributed by atoms with Gasteiger partial charge in [-0.1, -0.05) is 364 Å². The Bertz CT molecular complexity index is 2230. The lowest BCUT2D eigenvalue weighted by Gasteiger charge is -2.25. The predicted octanol–water partition coefficient (Wildman–Crippen LogP) is 27.1. The zero-order chi connectivity index (χ0) is 73.2. The molecule has 0 saturated heterocycles. The Morgan fingerprint density at radius 1 is 0.307 bits per heavy atom. The molecule has 576 valence electrons. The van der Waals surface area contributed by atoms with Gasteiger partial charge in [-0.2, -0.15) is 0 Å². The van der Waals surface area contributed by atoms with E-state index in [9.17, 15) is 19.5 Å². The smallest absolute Gasteiger partial charge is 0.361 e. The summed E-state index contributed by atoms with van der Waals surface area (Å²) in [5, 5.41) is 9.78. The van der Waals surface area contributed by atoms with Crippen molar-refractivity contribution in [2.45, 2.75) is 360 Å². The molecule has 0 heterocycles. The van der Waals surface area contributed by atoms with Gasteiger partial charge in [-0.15, -0.1) is 0 Å². The number of hydrogen-bond donors (Lipinski definition) is 1. The number of esters is 2. The maximum atomic E-state index is 13.0. The molecule has 0 fully saturated rings. The van der Waals surface area contributed by atoms with Crippen molar-refractivity contribution in [2.24, 2.45) is 0 Å². The van der Waals surface area contributed by atoms with Crippen LogP contribution in [0.25, 0.3) is 0 Å². The molecular weight excluding hydrogens is 1250 g/mol. The van der Waals surface area contributed by atoms with Gasteiger partial charge in [0.25, 0.3) is 6.29 Å². The second-order valence-electron chi connectivity index (χ2n) is 28.7. The molecule has 0 aliphatic rings. The molecule has 0 aromatic carbocycles. The van der Waals surface area contributed by atoms with Crippen LogP contribution in [0.5, 0.6) is 0 Å². The second-order valence-corrected chi connectivity index (χ2v) is 28.7. The summed E-state index contributed by atoms with van der Waals surface area (Å²) >= 11 is 0. The average molecular weight is 1400 g/mol. The van der Waals surface area contributed by atoms with E-state index in [4.69, 9.17) is 18.9 Å². The SMILES string of the molecule is CC/C=C\C/C=C\C/C=C\C/C=C\C/C=C\C/C=C\C/C=C\C/C=C\C/C=C\C/C=C\CCCCCCCCC(=O)OC(COC(=O)CCCCCCCCCCCCCCCCCCCCCCCCCC/C=C\C/C=C\C/C=C\CCCCCCC)COC(OCC[N+](C)(C)C)C(=O)O. The van der Waals surface area contributed by atoms with Crippen LogP contribution in [0.2, 0.25) is 0 Å². The number of rotatable bonds is 76. The van der Waals surface area contributed by atoms with Crippen LogP contribution in [0.4, 0.5) is 0 Å². The third-order valence-electron chi connectivity index (χ3n) is 17.8. The molecule has 9 nitrogen and oxygen atoms in total. The number of allylic oxidation sites excluding steroid dienone is 26. The molecule has 0 saturated carbocycles. The zero-order valence-corrected chi connectivity index (χ0v) is 66.0. The first-order valence-corrected chi connectivity index (χ1v) is 41.6. The Kier molecular flexibility index (Phi) is 76.5. The van der Waals surface area contributed by atoms with Gasteiger partial charge >= 0.3 is 17.9 Å². The van der Waals surface area contributed by atoms with Gasteiger partial charge < -0.3 is 28.5 Å². The van der Waals surface area contributed by atoms with Gasteiger partial charge in [-0.25, -0.2) is 4.79 Å². The number of unbranched alkanes of at least 4 members (excludes halogenated alkanes) is 35. The highest BCUT2D eigenvalue weighted by Crippen LogP contribution is 2.18. The van der Waals surface area contributed by atoms with Crippen molar-refractivity contribution >= 4 is 17.9 Å². The van der Waals surface area contributed by atoms with E-state index in [1.807, 2.05) is 21.1 Å². The van der Waals surface area contributed by atoms with Crippen LogP contribution < -0.4 is 0 Å². The van der Waals surface area contributed by atoms with Crippen molar-refractivity contribution in [1.82, 2.24) is 0 Å². The molecule has 9 heteroatoms. The number of nitrogens with zero attached hydrogens (tertiary/aromatic N) is 1. The zero-order valence-electron chi connectivity index (χ0n) is 66.0. The highest BCUT2D eigenvalue weighted by molar-refractivity contribution is 5.71. The van der Waals surface area contributed by atoms with E-state index in [2.05, 4.69) is 172 Å². The van der Waals surface area contributed by atoms with E-state index in [1.54, 1.807) is 0 Å². The first-order valence-electron chi connectivity index (χ1n) is 41.6. The number of carboxylic acid groups (broad SMARTS) is 1. The summed E-state index contributed by atoms with van der Waals surface area (Å²) in [5.41, 5.74) is 0. The Labute approximate surface area is 623 Å². The molecule has 2 unspecified atom stereocenters. The molecule has 0 aliphatic heterocycles. The predicted molar refractivity (Wildman–Crippen MR) is 437 cm³/mol. The Balaban J connectivity index is 4.07. The lowest BCUT2D eigenvalue weighted by Crippen LogP contribution is -2.40. The maximum Gasteiger partial charge on any atom is 0.361 e. The highest BCUT2D eigenvalue weighted by Gasteiger charge is 2.25. The molecule has 2 atom stereocenters. The van der Waals surface area contributed by atoms with Gasteiger partial charge in [-0.3, -0.25) is 9.59 Å². The molecular formula is C92H156NO8+. The van der Waals surface area contributed by atoms with E-state index < -0.39 is 24.3 Å². The summed E-state index contributed by atoms with van der Waals surface area (Å²) in [6, 6.07) is 0. The standard InChI is InChI=1S/C92H155NO8/c1-6-8-10-12-14-16-18-20-22-24-26-28-30-32-34-36-38-40-42-44-45-47-48-50-52-54-56-58-60-62-64-66-68-70-72-74-76-78-80-82-89(94)99-86-88(87-100-92(91(96)97)98-85-84-93(3,4)5)101-90(95)83-81-79-77-75-73-71-69-67-65-63-61-59-57-55-53-51-49-46-43-41-39-37-35-33-31-29-27-25-23-21-19-17-15-13-11-9-7-2/h9,11,15,17-18,20-21,23-24,26-27,29-30,32-33,35,39,41,46,49,53,55,59,61,65,67,88,92H,6-8,10,12-14,16,19,22,25,28,31,34,36-38,40,42-45,47-48,50-52,54,56-58,60,62-64,66,68-87H2,1-5H3/p+1/b11-9-,17-15-,20-18-,23-21-,26-24-,29-27-,32-30-,35-33-,41-39-,49-46-,55-53-,61-59-,67-65-. The van der Waals surface area contributed by atoms with Gasteiger partial charge in [0, 0.05) is 12.8 Å². The third kappa shape index (κ3) is 82.1. The van der Waals surface area contributed by atoms with Crippen LogP contribution in [0.1, 0.15) is 348 Å². The Hall–Kier alpha value is -5.09. The summed E-state index contributed by atoms with van der Waals surface area (Å²) in [6.07, 6.45) is 117. The minimum Gasteiger partial charge on any atom is -0.477 e. The number of carbonyl (C=O) groups is 3. The van der Waals surface area contributed by atoms with E-state index in [1.165, 1.54) is 180 Å². The summed E-state index contributed by atoms with van der Waals surface area (Å²) in [5.74, 6) is -2.02. The molecule has 0 radical (unpaired) electrons. The van der Waals surface area contributed by atoms with Gasteiger partial charge in [0.1, 0.15) is 13.2 Å². The monoisotopic (exact) mass is 1400 g/mol. The normalized spacial score (nSPS) is 13.5. The minimum atomic E-state index is -1.52. The molecule has 0 aromatic rings. The molecule has 101 heavy (non-hydrogen) atoms. The van der Waals surface area contributed by atoms with Crippen molar-refractivity contribution in [2.75, 3.05) is 47.5 Å². The number of hydrogen-bond acceptors (Lipinski definition) is 7. The fourth-order valence-electron chi connectivity index (χ4n) is 11.5. The lowest BCUT2D eigenvalue weighted by molar-refractivity contribution is -0.870. The number of carbonyl (C=O) groups excluding carboxylic acids is 2. The summed E-state index contributed by atoms with van der Waals surface area (Å²) < 4.78 is 23.0. The van der Waals surface area contributed by atoms with Crippen LogP contribution in [-0.2, 0) is 33.3 Å². The summed E-state index contributed by atoms with van der Waals surface area (Å²) in [6.45, 7) is 4.75. The summed E-state index contributed by atoms with van der Waals surface area (Å²) in [4.78, 5) is 37.8. The van der Waals surface area contributed by atoms with Gasteiger partial charge in [0.15, 0.2) is 6.10 Å². The fraction of sp³-hybridized carbons (Fsp3) is 0.685. The molecule has 0 aliphatic carbocycles. The van der Waals surface area contributed by atoms with Crippen molar-refractivity contribution in [3.8, 4) is 0 Å². The van der Waals surface area contributed by atoms with Crippen LogP contribution in [0, 0.1) is 0 Å². The van der Waals surface area contributed by atoms with Gasteiger partial charge in [0.2, 0.25) is 0 Å². The number of quaternary nitrogens is 1. The Morgan fingerprint density at radius 3 is 0.842 bits per heavy atom. The number of aliphatic carboxylic acids is 1. The van der Waals surface area contributed by atoms with Crippen LogP contribution in [0.3, 0.4) is 0 Å². The van der Waals surface area contributed by atoms with Crippen LogP contribution in [-0.4, -0.2) is 87.4 Å². The van der Waals surface area contributed by atoms with Crippen molar-refractivity contribution in [3.05, 3.63) is 158 Å². The molecule has 1 N–H and O–H groups in total. The first-order chi connectivity index (χ1) is 49.6. The molecule has 0 amide bonds. The van der Waals surface area contributed by atoms with Crippen molar-refractivity contribution in [3.63, 3.8) is 0 Å². The van der Waals surface area contributed by atoms with Crippen molar-refractivity contribution < 1.29 is 42.9 Å².